The van der Waals surface area contributed by atoms with Crippen LogP contribution in [0.15, 0.2) is 54.7 Å². The molecule has 0 bridgehead atoms. The van der Waals surface area contributed by atoms with Crippen molar-refractivity contribution in [2.75, 3.05) is 13.7 Å². The summed E-state index contributed by atoms with van der Waals surface area (Å²) in [7, 11) is 1.66. The van der Waals surface area contributed by atoms with Gasteiger partial charge in [-0.05, 0) is 36.2 Å². The van der Waals surface area contributed by atoms with Gasteiger partial charge in [-0.1, -0.05) is 30.3 Å². The lowest BCUT2D eigenvalue weighted by Gasteiger charge is -2.20. The zero-order chi connectivity index (χ0) is 17.8. The first-order valence-corrected chi connectivity index (χ1v) is 8.33. The number of hydrogen-bond donors (Lipinski definition) is 3. The van der Waals surface area contributed by atoms with Gasteiger partial charge in [0, 0.05) is 29.6 Å². The molecular weight excluding hydrogens is 314 g/mol. The van der Waals surface area contributed by atoms with Gasteiger partial charge in [-0.3, -0.25) is 4.79 Å². The third-order valence-corrected chi connectivity index (χ3v) is 4.57. The van der Waals surface area contributed by atoms with Crippen LogP contribution in [0, 0.1) is 0 Å². The molecule has 1 amide bonds. The Kier molecular flexibility index (Phi) is 5.05. The number of hydrogen-bond acceptors (Lipinski definition) is 3. The Morgan fingerprint density at radius 2 is 1.92 bits per heavy atom. The normalized spacial score (nSPS) is 13.5. The molecule has 5 nitrogen and oxygen atoms in total. The van der Waals surface area contributed by atoms with Crippen molar-refractivity contribution in [2.24, 2.45) is 5.73 Å². The topological polar surface area (TPSA) is 80.1 Å². The summed E-state index contributed by atoms with van der Waals surface area (Å²) in [4.78, 5) is 14.7. The molecule has 0 unspecified atom stereocenters. The molecule has 3 aromatic rings. The van der Waals surface area contributed by atoms with Crippen LogP contribution in [0.5, 0.6) is 5.75 Å². The zero-order valence-electron chi connectivity index (χ0n) is 14.5. The molecule has 0 saturated carbocycles. The summed E-state index contributed by atoms with van der Waals surface area (Å²) >= 11 is 0. The number of methoxy groups -OCH3 is 1. The Hall–Kier alpha value is -2.79. The van der Waals surface area contributed by atoms with Crippen molar-refractivity contribution in [1.29, 1.82) is 0 Å². The highest BCUT2D eigenvalue weighted by atomic mass is 16.5. The number of amides is 1. The van der Waals surface area contributed by atoms with E-state index in [1.807, 2.05) is 30.5 Å². The Morgan fingerprint density at radius 1 is 1.20 bits per heavy atom. The molecule has 0 aliphatic heterocycles. The summed E-state index contributed by atoms with van der Waals surface area (Å²) in [5, 5.41) is 4.42. The Bertz CT molecular complexity index is 855. The molecule has 0 fully saturated rings. The minimum atomic E-state index is -0.383. The van der Waals surface area contributed by atoms with E-state index >= 15 is 0 Å². The minimum absolute atomic E-state index is 0.0869. The third-order valence-electron chi connectivity index (χ3n) is 4.57. The van der Waals surface area contributed by atoms with Crippen LogP contribution in [0.25, 0.3) is 10.9 Å². The molecule has 25 heavy (non-hydrogen) atoms. The van der Waals surface area contributed by atoms with E-state index in [1.165, 1.54) is 10.9 Å². The molecule has 5 heteroatoms. The quantitative estimate of drug-likeness (QED) is 0.620. The van der Waals surface area contributed by atoms with Crippen LogP contribution >= 0.6 is 0 Å². The van der Waals surface area contributed by atoms with Crippen LogP contribution in [0.1, 0.15) is 24.0 Å². The third kappa shape index (κ3) is 3.67. The molecule has 3 rings (SSSR count). The molecule has 2 atom stereocenters. The van der Waals surface area contributed by atoms with Crippen molar-refractivity contribution in [3.63, 3.8) is 0 Å². The number of ether oxygens (including phenoxy) is 1. The van der Waals surface area contributed by atoms with Gasteiger partial charge in [0.2, 0.25) is 5.91 Å². The van der Waals surface area contributed by atoms with E-state index in [-0.39, 0.29) is 17.9 Å². The standard InChI is InChI=1S/C20H23N3O2/c1-13(20(21)24)22-11-17(14-7-9-15(25-2)10-8-14)18-12-23-19-6-4-3-5-16(18)19/h3-10,12-13,17,22-23H,11H2,1-2H3,(H2,21,24)/t13-,17-/m0/s1. The van der Waals surface area contributed by atoms with E-state index in [0.29, 0.717) is 6.54 Å². The maximum Gasteiger partial charge on any atom is 0.234 e. The van der Waals surface area contributed by atoms with Gasteiger partial charge in [0.1, 0.15) is 5.75 Å². The van der Waals surface area contributed by atoms with Crippen molar-refractivity contribution in [3.8, 4) is 5.75 Å². The first kappa shape index (κ1) is 17.0. The average Bonchev–Trinajstić information content (AvgIpc) is 3.06. The first-order valence-electron chi connectivity index (χ1n) is 8.33. The number of nitrogens with two attached hydrogens (primary N) is 1. The molecule has 2 aromatic carbocycles. The molecule has 0 radical (unpaired) electrons. The van der Waals surface area contributed by atoms with E-state index in [2.05, 4.69) is 34.6 Å². The number of aromatic amines is 1. The van der Waals surface area contributed by atoms with Crippen molar-refractivity contribution < 1.29 is 9.53 Å². The monoisotopic (exact) mass is 337 g/mol. The largest absolute Gasteiger partial charge is 0.497 e. The second-order valence-corrected chi connectivity index (χ2v) is 6.15. The summed E-state index contributed by atoms with van der Waals surface area (Å²) < 4.78 is 5.26. The summed E-state index contributed by atoms with van der Waals surface area (Å²) in [5.74, 6) is 0.552. The van der Waals surface area contributed by atoms with Gasteiger partial charge in [-0.15, -0.1) is 0 Å². The van der Waals surface area contributed by atoms with Gasteiger partial charge in [-0.25, -0.2) is 0 Å². The predicted octanol–water partition coefficient (Wildman–Crippen LogP) is 2.77. The molecule has 4 N–H and O–H groups in total. The second-order valence-electron chi connectivity index (χ2n) is 6.15. The highest BCUT2D eigenvalue weighted by Gasteiger charge is 2.20. The summed E-state index contributed by atoms with van der Waals surface area (Å²) in [6.45, 7) is 2.39. The van der Waals surface area contributed by atoms with Gasteiger partial charge in [-0.2, -0.15) is 0 Å². The van der Waals surface area contributed by atoms with E-state index < -0.39 is 0 Å². The fourth-order valence-corrected chi connectivity index (χ4v) is 3.02. The summed E-state index contributed by atoms with van der Waals surface area (Å²) in [5.41, 5.74) is 8.81. The van der Waals surface area contributed by atoms with Crippen LogP contribution in [0.4, 0.5) is 0 Å². The van der Waals surface area contributed by atoms with Crippen LogP contribution < -0.4 is 15.8 Å². The molecule has 0 aliphatic carbocycles. The second kappa shape index (κ2) is 7.40. The van der Waals surface area contributed by atoms with Crippen LogP contribution in [0.2, 0.25) is 0 Å². The summed E-state index contributed by atoms with van der Waals surface area (Å²) in [6.07, 6.45) is 2.04. The highest BCUT2D eigenvalue weighted by Crippen LogP contribution is 2.31. The van der Waals surface area contributed by atoms with Gasteiger partial charge in [0.05, 0.1) is 13.2 Å². The Morgan fingerprint density at radius 3 is 2.60 bits per heavy atom. The number of benzene rings is 2. The molecule has 0 saturated heterocycles. The smallest absolute Gasteiger partial charge is 0.234 e. The SMILES string of the molecule is COc1ccc([C@H](CN[C@@H](C)C(N)=O)c2c[nH]c3ccccc23)cc1. The van der Waals surface area contributed by atoms with E-state index in [4.69, 9.17) is 10.5 Å². The molecule has 0 aliphatic rings. The summed E-state index contributed by atoms with van der Waals surface area (Å²) in [6, 6.07) is 15.8. The minimum Gasteiger partial charge on any atom is -0.497 e. The zero-order valence-corrected chi connectivity index (χ0v) is 14.5. The number of para-hydroxylation sites is 1. The number of aromatic nitrogens is 1. The maximum atomic E-state index is 11.4. The van der Waals surface area contributed by atoms with Crippen molar-refractivity contribution in [3.05, 3.63) is 65.9 Å². The van der Waals surface area contributed by atoms with E-state index in [1.54, 1.807) is 14.0 Å². The number of rotatable bonds is 7. The molecule has 1 aromatic heterocycles. The fraction of sp³-hybridized carbons (Fsp3) is 0.250. The van der Waals surface area contributed by atoms with Crippen LogP contribution in [0.3, 0.4) is 0 Å². The highest BCUT2D eigenvalue weighted by molar-refractivity contribution is 5.84. The number of carbonyl (C=O) groups is 1. The Labute approximate surface area is 147 Å². The van der Waals surface area contributed by atoms with Crippen molar-refractivity contribution in [2.45, 2.75) is 18.9 Å². The Balaban J connectivity index is 1.97. The van der Waals surface area contributed by atoms with Gasteiger partial charge in [0.25, 0.3) is 0 Å². The van der Waals surface area contributed by atoms with Crippen LogP contribution in [-0.4, -0.2) is 30.6 Å². The fourth-order valence-electron chi connectivity index (χ4n) is 3.02. The molecular formula is C20H23N3O2. The molecule has 1 heterocycles. The molecule has 130 valence electrons. The lowest BCUT2D eigenvalue weighted by atomic mass is 9.90. The van der Waals surface area contributed by atoms with Crippen molar-refractivity contribution >= 4 is 16.8 Å². The average molecular weight is 337 g/mol. The van der Waals surface area contributed by atoms with Gasteiger partial charge < -0.3 is 20.8 Å². The number of carbonyl (C=O) groups excluding carboxylic acids is 1. The predicted molar refractivity (Wildman–Crippen MR) is 99.8 cm³/mol. The number of nitrogens with one attached hydrogen (secondary N) is 2. The van der Waals surface area contributed by atoms with E-state index in [9.17, 15) is 4.79 Å². The number of fused-ring (bicyclic) bond motifs is 1. The lowest BCUT2D eigenvalue weighted by molar-refractivity contribution is -0.119. The van der Waals surface area contributed by atoms with Gasteiger partial charge in [0.15, 0.2) is 0 Å². The van der Waals surface area contributed by atoms with Crippen molar-refractivity contribution in [1.82, 2.24) is 10.3 Å². The number of primary amides is 1. The maximum absolute atomic E-state index is 11.4. The van der Waals surface area contributed by atoms with E-state index in [0.717, 1.165) is 16.8 Å². The number of H-pyrrole nitrogens is 1. The van der Waals surface area contributed by atoms with Gasteiger partial charge >= 0.3 is 0 Å². The first-order chi connectivity index (χ1) is 12.1. The van der Waals surface area contributed by atoms with Crippen LogP contribution in [-0.2, 0) is 4.79 Å². The molecule has 0 spiro atoms. The lowest BCUT2D eigenvalue weighted by Crippen LogP contribution is -2.40.